The van der Waals surface area contributed by atoms with Crippen molar-refractivity contribution in [2.45, 2.75) is 36.0 Å². The van der Waals surface area contributed by atoms with E-state index in [-0.39, 0.29) is 5.91 Å². The minimum Gasteiger partial charge on any atom is -0.497 e. The second-order valence-corrected chi connectivity index (χ2v) is 10.6. The molecule has 0 saturated heterocycles. The molecule has 1 aliphatic rings. The predicted molar refractivity (Wildman–Crippen MR) is 157 cm³/mol. The van der Waals surface area contributed by atoms with Crippen molar-refractivity contribution in [3.63, 3.8) is 0 Å². The summed E-state index contributed by atoms with van der Waals surface area (Å²) in [5.41, 5.74) is 2.84. The molecule has 212 valence electrons. The number of fused-ring (bicyclic) bond motifs is 1. The van der Waals surface area contributed by atoms with Gasteiger partial charge in [0.05, 0.1) is 32.3 Å². The van der Waals surface area contributed by atoms with Gasteiger partial charge >= 0.3 is 5.97 Å². The van der Waals surface area contributed by atoms with E-state index in [1.807, 2.05) is 66.7 Å². The van der Waals surface area contributed by atoms with E-state index in [1.165, 1.54) is 18.7 Å². The quantitative estimate of drug-likeness (QED) is 0.242. The predicted octanol–water partition coefficient (Wildman–Crippen LogP) is 5.05. The van der Waals surface area contributed by atoms with Crippen LogP contribution < -0.4 is 24.4 Å². The van der Waals surface area contributed by atoms with Crippen LogP contribution >= 0.6 is 11.8 Å². The van der Waals surface area contributed by atoms with Crippen molar-refractivity contribution < 1.29 is 28.5 Å². The van der Waals surface area contributed by atoms with Crippen molar-refractivity contribution in [1.82, 2.24) is 5.32 Å². The van der Waals surface area contributed by atoms with E-state index in [0.717, 1.165) is 58.3 Å². The number of benzene rings is 3. The monoisotopic (exact) mass is 564 g/mol. The highest BCUT2D eigenvalue weighted by molar-refractivity contribution is 7.99. The van der Waals surface area contributed by atoms with Crippen molar-refractivity contribution in [3.8, 4) is 17.2 Å². The summed E-state index contributed by atoms with van der Waals surface area (Å²) >= 11 is 1.53. The fourth-order valence-corrected chi connectivity index (χ4v) is 6.00. The molecular weight excluding hydrogens is 528 g/mol. The average molecular weight is 565 g/mol. The Morgan fingerprint density at radius 3 is 2.23 bits per heavy atom. The van der Waals surface area contributed by atoms with Gasteiger partial charge in [0.1, 0.15) is 17.2 Å². The molecule has 2 unspecified atom stereocenters. The van der Waals surface area contributed by atoms with Crippen molar-refractivity contribution in [1.29, 1.82) is 0 Å². The molecule has 1 amide bonds. The zero-order chi connectivity index (χ0) is 28.5. The van der Waals surface area contributed by atoms with Gasteiger partial charge in [0.15, 0.2) is 6.10 Å². The van der Waals surface area contributed by atoms with E-state index >= 15 is 0 Å². The second kappa shape index (κ2) is 14.1. The first-order valence-corrected chi connectivity index (χ1v) is 14.1. The number of carbonyl (C=O) groups excluding carboxylic acids is 2. The highest BCUT2D eigenvalue weighted by Crippen LogP contribution is 2.46. The summed E-state index contributed by atoms with van der Waals surface area (Å²) in [5, 5.41) is 3.06. The number of para-hydroxylation sites is 1. The number of hydrogen-bond acceptors (Lipinski definition) is 8. The molecule has 8 nitrogen and oxygen atoms in total. The summed E-state index contributed by atoms with van der Waals surface area (Å²) in [6, 6.07) is 21.2. The molecule has 0 fully saturated rings. The van der Waals surface area contributed by atoms with Gasteiger partial charge < -0.3 is 29.2 Å². The van der Waals surface area contributed by atoms with Crippen LogP contribution in [0.3, 0.4) is 0 Å². The number of nitrogens with one attached hydrogen (secondary N) is 1. The molecular formula is C31H36N2O6S. The highest BCUT2D eigenvalue weighted by atomic mass is 32.2. The number of anilines is 1. The Morgan fingerprint density at radius 1 is 0.900 bits per heavy atom. The van der Waals surface area contributed by atoms with Crippen molar-refractivity contribution in [2.24, 2.45) is 0 Å². The van der Waals surface area contributed by atoms with Gasteiger partial charge in [-0.3, -0.25) is 9.59 Å². The number of rotatable bonds is 12. The third-order valence-electron chi connectivity index (χ3n) is 6.67. The molecule has 0 radical (unpaired) electrons. The Balaban J connectivity index is 1.45. The summed E-state index contributed by atoms with van der Waals surface area (Å²) in [5.74, 6) is 1.54. The van der Waals surface area contributed by atoms with Crippen LogP contribution in [0.2, 0.25) is 0 Å². The van der Waals surface area contributed by atoms with Crippen LogP contribution in [-0.4, -0.2) is 58.9 Å². The number of aryl methyl sites for hydroxylation is 1. The fraction of sp³-hybridized carbons (Fsp3) is 0.355. The molecule has 0 bridgehead atoms. The number of nitrogens with zero attached hydrogens (tertiary/aromatic N) is 1. The van der Waals surface area contributed by atoms with E-state index in [1.54, 1.807) is 26.2 Å². The van der Waals surface area contributed by atoms with Gasteiger partial charge in [0, 0.05) is 31.0 Å². The van der Waals surface area contributed by atoms with Crippen molar-refractivity contribution in [2.75, 3.05) is 45.9 Å². The molecule has 9 heteroatoms. The molecule has 1 heterocycles. The Labute approximate surface area is 239 Å². The zero-order valence-corrected chi connectivity index (χ0v) is 24.2. The number of thioether (sulfide) groups is 1. The number of methoxy groups -OCH3 is 3. The maximum Gasteiger partial charge on any atom is 0.303 e. The normalized spacial score (nSPS) is 16.6. The first-order chi connectivity index (χ1) is 19.4. The summed E-state index contributed by atoms with van der Waals surface area (Å²) in [6.07, 6.45) is 0.805. The first-order valence-electron chi connectivity index (χ1n) is 13.2. The van der Waals surface area contributed by atoms with Crippen LogP contribution in [0, 0.1) is 0 Å². The molecule has 0 spiro atoms. The van der Waals surface area contributed by atoms with E-state index in [0.29, 0.717) is 13.1 Å². The third-order valence-corrected chi connectivity index (χ3v) is 8.05. The molecule has 0 aliphatic carbocycles. The van der Waals surface area contributed by atoms with E-state index in [2.05, 4.69) is 5.32 Å². The van der Waals surface area contributed by atoms with Crippen LogP contribution in [0.15, 0.2) is 71.6 Å². The molecule has 3 aromatic carbocycles. The van der Waals surface area contributed by atoms with Gasteiger partial charge in [-0.2, -0.15) is 0 Å². The Hall–Kier alpha value is -3.69. The lowest BCUT2D eigenvalue weighted by atomic mass is 10.1. The number of carbonyl (C=O) groups is 2. The summed E-state index contributed by atoms with van der Waals surface area (Å²) in [7, 11) is 4.90. The molecule has 1 N–H and O–H groups in total. The minimum absolute atomic E-state index is 0.237. The van der Waals surface area contributed by atoms with Crippen molar-refractivity contribution >= 4 is 29.3 Å². The average Bonchev–Trinajstić information content (AvgIpc) is 3.08. The van der Waals surface area contributed by atoms with Crippen LogP contribution in [-0.2, 0) is 20.7 Å². The van der Waals surface area contributed by atoms with Gasteiger partial charge in [-0.15, -0.1) is 11.8 Å². The Bertz CT molecular complexity index is 1280. The van der Waals surface area contributed by atoms with Crippen LogP contribution in [0.4, 0.5) is 5.69 Å². The summed E-state index contributed by atoms with van der Waals surface area (Å²) < 4.78 is 21.7. The molecule has 2 atom stereocenters. The molecule has 0 saturated carbocycles. The minimum atomic E-state index is -0.966. The highest BCUT2D eigenvalue weighted by Gasteiger charge is 2.40. The third kappa shape index (κ3) is 7.28. The lowest BCUT2D eigenvalue weighted by Gasteiger charge is -2.27. The fourth-order valence-electron chi connectivity index (χ4n) is 4.68. The second-order valence-electron chi connectivity index (χ2n) is 9.37. The first kappa shape index (κ1) is 29.3. The molecule has 3 aromatic rings. The topological polar surface area (TPSA) is 86.3 Å². The number of amides is 1. The summed E-state index contributed by atoms with van der Waals surface area (Å²) in [4.78, 5) is 28.7. The molecule has 40 heavy (non-hydrogen) atoms. The van der Waals surface area contributed by atoms with Gasteiger partial charge in [-0.25, -0.2) is 0 Å². The van der Waals surface area contributed by atoms with Crippen LogP contribution in [0.25, 0.3) is 0 Å². The lowest BCUT2D eigenvalue weighted by molar-refractivity contribution is -0.152. The maximum atomic E-state index is 13.9. The molecule has 0 aromatic heterocycles. The van der Waals surface area contributed by atoms with E-state index < -0.39 is 17.3 Å². The Kier molecular flexibility index (Phi) is 10.3. The van der Waals surface area contributed by atoms with Gasteiger partial charge in [0.25, 0.3) is 5.91 Å². The van der Waals surface area contributed by atoms with Gasteiger partial charge in [0.2, 0.25) is 0 Å². The van der Waals surface area contributed by atoms with Gasteiger partial charge in [-0.1, -0.05) is 24.3 Å². The number of esters is 1. The standard InChI is InChI=1S/C31H36N2O6S/c1-21(34)39-29-30(23-11-13-24(36-2)14-12-23)40-28-10-6-5-9-27(28)33(31(29)35)17-16-32-15-7-8-22-18-25(37-3)20-26(19-22)38-4/h5-6,9-14,18-20,29-30,32H,7-8,15-17H2,1-4H3. The van der Waals surface area contributed by atoms with Crippen LogP contribution in [0.5, 0.6) is 17.2 Å². The lowest BCUT2D eigenvalue weighted by Crippen LogP contribution is -2.45. The van der Waals surface area contributed by atoms with E-state index in [9.17, 15) is 9.59 Å². The maximum absolute atomic E-state index is 13.9. The van der Waals surface area contributed by atoms with Crippen LogP contribution in [0.1, 0.15) is 29.7 Å². The Morgan fingerprint density at radius 2 is 1.57 bits per heavy atom. The smallest absolute Gasteiger partial charge is 0.303 e. The largest absolute Gasteiger partial charge is 0.497 e. The van der Waals surface area contributed by atoms with E-state index in [4.69, 9.17) is 18.9 Å². The zero-order valence-electron chi connectivity index (χ0n) is 23.3. The molecule has 1 aliphatic heterocycles. The van der Waals surface area contributed by atoms with Gasteiger partial charge in [-0.05, 0) is 66.9 Å². The van der Waals surface area contributed by atoms with Crippen molar-refractivity contribution in [3.05, 3.63) is 77.9 Å². The molecule has 4 rings (SSSR count). The number of hydrogen-bond donors (Lipinski definition) is 1. The summed E-state index contributed by atoms with van der Waals surface area (Å²) in [6.45, 7) is 3.15. The number of ether oxygens (including phenoxy) is 4. The SMILES string of the molecule is COc1ccc(C2Sc3ccccc3N(CCNCCCc3cc(OC)cc(OC)c3)C(=O)C2OC(C)=O)cc1.